The first-order valence-electron chi connectivity index (χ1n) is 32.5. The Balaban J connectivity index is 0.562. The van der Waals surface area contributed by atoms with Crippen molar-refractivity contribution in [3.8, 4) is 11.5 Å². The van der Waals surface area contributed by atoms with Gasteiger partial charge in [-0.15, -0.1) is 10.2 Å². The summed E-state index contributed by atoms with van der Waals surface area (Å²) < 4.78 is 74.5. The summed E-state index contributed by atoms with van der Waals surface area (Å²) in [6.45, 7) is 4.26. The predicted molar refractivity (Wildman–Crippen MR) is 360 cm³/mol. The van der Waals surface area contributed by atoms with Crippen LogP contribution in [0.25, 0.3) is 0 Å². The number of unbranched alkanes of at least 4 members (excludes halogenated alkanes) is 6. The van der Waals surface area contributed by atoms with E-state index < -0.39 is 56.3 Å². The Morgan fingerprint density at radius 3 is 1.33 bits per heavy atom. The third-order valence-corrected chi connectivity index (χ3v) is 22.1. The number of nitrogens with two attached hydrogens (primary N) is 2. The number of likely N-dealkylation sites (tertiary alicyclic amines) is 2. The lowest BCUT2D eigenvalue weighted by molar-refractivity contribution is -0.155. The highest BCUT2D eigenvalue weighted by molar-refractivity contribution is 7.89. The molecule has 12 N–H and O–H groups in total. The van der Waals surface area contributed by atoms with Crippen LogP contribution < -0.4 is 41.0 Å². The van der Waals surface area contributed by atoms with Crippen molar-refractivity contribution < 1.29 is 56.3 Å². The van der Waals surface area contributed by atoms with Gasteiger partial charge >= 0.3 is 0 Å². The molecule has 26 nitrogen and oxygen atoms in total. The number of aryl methyl sites for hydroxylation is 2. The molecule has 6 aromatic rings. The number of aliphatic hydroxyl groups is 4. The first-order chi connectivity index (χ1) is 46.0. The fourth-order valence-corrected chi connectivity index (χ4v) is 16.2. The molecule has 2 saturated heterocycles. The molecule has 0 radical (unpaired) electrons. The third-order valence-electron chi connectivity index (χ3n) is 18.0. The van der Waals surface area contributed by atoms with E-state index in [9.17, 15) is 46.9 Å². The Morgan fingerprint density at radius 2 is 0.948 bits per heavy atom. The van der Waals surface area contributed by atoms with Crippen LogP contribution >= 0.6 is 46.4 Å². The van der Waals surface area contributed by atoms with E-state index in [1.54, 1.807) is 58.2 Å². The number of hydrogen-bond donors (Lipinski definition) is 10. The number of halogens is 4. The van der Waals surface area contributed by atoms with Gasteiger partial charge in [0.15, 0.2) is 12.2 Å². The van der Waals surface area contributed by atoms with Crippen molar-refractivity contribution in [1.82, 2.24) is 59.9 Å². The highest BCUT2D eigenvalue weighted by Crippen LogP contribution is 2.45. The highest BCUT2D eigenvalue weighted by Gasteiger charge is 2.43. The Labute approximate surface area is 578 Å². The molecule has 10 atom stereocenters. The normalized spacial score (nSPS) is 21.3. The van der Waals surface area contributed by atoms with Gasteiger partial charge in [0, 0.05) is 82.6 Å². The number of nitrogens with one attached hydrogen (secondary N) is 4. The quantitative estimate of drug-likeness (QED) is 0.0246. The molecular formula is C64H84Cl4N14O12S2. The summed E-state index contributed by atoms with van der Waals surface area (Å²) in [5.41, 5.74) is 17.1. The van der Waals surface area contributed by atoms with Crippen molar-refractivity contribution in [3.63, 3.8) is 0 Å². The van der Waals surface area contributed by atoms with Crippen molar-refractivity contribution in [3.05, 3.63) is 139 Å². The number of aliphatic hydroxyl groups excluding tert-OH is 4. The maximum Gasteiger partial charge on any atom is 0.251 e. The average molecular weight is 1450 g/mol. The second-order valence-electron chi connectivity index (χ2n) is 25.1. The van der Waals surface area contributed by atoms with E-state index in [-0.39, 0.29) is 72.3 Å². The van der Waals surface area contributed by atoms with Crippen LogP contribution in [0.1, 0.15) is 123 Å². The minimum atomic E-state index is -3.80. The first kappa shape index (κ1) is 73.1. The van der Waals surface area contributed by atoms with Crippen molar-refractivity contribution in [1.29, 1.82) is 0 Å². The van der Waals surface area contributed by atoms with Gasteiger partial charge in [0.2, 0.25) is 20.0 Å². The Morgan fingerprint density at radius 1 is 0.562 bits per heavy atom. The molecule has 4 aliphatic rings. The highest BCUT2D eigenvalue weighted by atomic mass is 35.5. The Kier molecular flexibility index (Phi) is 25.5. The van der Waals surface area contributed by atoms with Crippen LogP contribution in [0.5, 0.6) is 11.5 Å². The van der Waals surface area contributed by atoms with Crippen LogP contribution in [0.4, 0.5) is 0 Å². The molecule has 522 valence electrons. The number of carbonyl (C=O) groups excluding carboxylic acids is 2. The summed E-state index contributed by atoms with van der Waals surface area (Å²) in [6, 6.07) is 20.1. The molecule has 4 aromatic carbocycles. The number of aromatic nitrogens is 6. The number of sulfonamides is 2. The molecule has 4 heterocycles. The molecule has 2 aliphatic carbocycles. The van der Waals surface area contributed by atoms with Gasteiger partial charge < -0.3 is 52.0 Å². The van der Waals surface area contributed by atoms with Crippen molar-refractivity contribution in [2.75, 3.05) is 39.3 Å². The molecule has 10 rings (SSSR count). The van der Waals surface area contributed by atoms with Gasteiger partial charge in [-0.25, -0.2) is 26.3 Å². The molecule has 0 spiro atoms. The zero-order valence-corrected chi connectivity index (χ0v) is 57.6. The topological polar surface area (TPSA) is 370 Å². The number of carbonyl (C=O) groups is 2. The molecule has 0 bridgehead atoms. The minimum Gasteiger partial charge on any atom is -0.484 e. The lowest BCUT2D eigenvalue weighted by Crippen LogP contribution is -2.54. The molecule has 2 amide bonds. The summed E-state index contributed by atoms with van der Waals surface area (Å²) >= 11 is 26.1. The van der Waals surface area contributed by atoms with Crippen LogP contribution in [-0.2, 0) is 68.7 Å². The number of amides is 2. The number of rotatable bonds is 33. The van der Waals surface area contributed by atoms with Crippen LogP contribution in [0.3, 0.4) is 0 Å². The maximum absolute atomic E-state index is 13.2. The van der Waals surface area contributed by atoms with Crippen molar-refractivity contribution in [2.24, 2.45) is 11.5 Å². The van der Waals surface area contributed by atoms with Gasteiger partial charge in [-0.3, -0.25) is 28.8 Å². The smallest absolute Gasteiger partial charge is 0.251 e. The third kappa shape index (κ3) is 19.0. The molecule has 0 saturated carbocycles. The van der Waals surface area contributed by atoms with E-state index in [4.69, 9.17) is 67.3 Å². The standard InChI is InChI=1S/C64H84Cl4N14O12S2/c65-39-27-51-49(53(67)29-39)31-55(79-23-9-11-41(69)35-79)61(51)93-45-13-17-47(18-14-45)95(89,90)73-21-5-1-3-7-25-81-37-43(75-77-81)33-71-63(87)59(85)57(83)58(84)60(86)64(88)72-34-44-38-82(78-76-44)26-8-4-2-6-22-74-96(91,92)48-19-15-46(16-20-48)94-62-52-28-40(66)30-54(68)50(52)32-56(62)80-24-10-12-42(70)36-80/h13-20,27-30,37-38,41-42,55-62,73-74,83-86H,1-12,21-26,31-36,69-70H2,(H,71,87)(H,72,88)/t41-,42-,55+,56+,57-,58+,59+,60-,61+,62+/m1/s1. The fraction of sp³-hybridized carbons (Fsp3) is 0.531. The van der Waals surface area contributed by atoms with Crippen LogP contribution in [0.2, 0.25) is 20.1 Å². The van der Waals surface area contributed by atoms with Gasteiger partial charge in [-0.2, -0.15) is 0 Å². The summed E-state index contributed by atoms with van der Waals surface area (Å²) in [5.74, 6) is -1.19. The van der Waals surface area contributed by atoms with E-state index in [1.165, 1.54) is 24.3 Å². The second-order valence-corrected chi connectivity index (χ2v) is 30.4. The molecule has 2 fully saturated rings. The van der Waals surface area contributed by atoms with Gasteiger partial charge in [-0.05, 0) is 161 Å². The van der Waals surface area contributed by atoms with Crippen molar-refractivity contribution in [2.45, 2.75) is 187 Å². The lowest BCUT2D eigenvalue weighted by Gasteiger charge is -2.38. The molecular weight excluding hydrogens is 1360 g/mol. The number of fused-ring (bicyclic) bond motifs is 2. The summed E-state index contributed by atoms with van der Waals surface area (Å²) in [5, 5.41) is 65.3. The van der Waals surface area contributed by atoms with Gasteiger partial charge in [0.25, 0.3) is 11.8 Å². The summed E-state index contributed by atoms with van der Waals surface area (Å²) in [7, 11) is -7.60. The van der Waals surface area contributed by atoms with E-state index in [2.05, 4.69) is 50.5 Å². The molecule has 0 unspecified atom stereocenters. The van der Waals surface area contributed by atoms with E-state index in [0.29, 0.717) is 94.6 Å². The lowest BCUT2D eigenvalue weighted by atomic mass is 10.0. The fourth-order valence-electron chi connectivity index (χ4n) is 12.9. The Bertz CT molecular complexity index is 3600. The average Bonchev–Trinajstić information content (AvgIpc) is 1.62. The van der Waals surface area contributed by atoms with Gasteiger partial charge in [0.05, 0.1) is 47.4 Å². The maximum atomic E-state index is 13.2. The number of hydrogen-bond acceptors (Lipinski definition) is 20. The van der Waals surface area contributed by atoms with Crippen molar-refractivity contribution >= 4 is 78.3 Å². The largest absolute Gasteiger partial charge is 0.484 e. The van der Waals surface area contributed by atoms with E-state index in [0.717, 1.165) is 99.8 Å². The monoisotopic (exact) mass is 1440 g/mol. The predicted octanol–water partition coefficient (Wildman–Crippen LogP) is 4.87. The second kappa shape index (κ2) is 33.5. The molecule has 96 heavy (non-hydrogen) atoms. The van der Waals surface area contributed by atoms with E-state index >= 15 is 0 Å². The molecule has 32 heteroatoms. The zero-order chi connectivity index (χ0) is 68.3. The molecule has 2 aromatic heterocycles. The van der Waals surface area contributed by atoms with Crippen LogP contribution in [-0.4, -0.2) is 177 Å². The summed E-state index contributed by atoms with van der Waals surface area (Å²) in [6.07, 6.45) is 4.21. The van der Waals surface area contributed by atoms with Gasteiger partial charge in [0.1, 0.15) is 47.3 Å². The van der Waals surface area contributed by atoms with Crippen LogP contribution in [0.15, 0.2) is 95.0 Å². The zero-order valence-electron chi connectivity index (χ0n) is 52.9. The van der Waals surface area contributed by atoms with E-state index in [1.807, 2.05) is 12.1 Å². The SMILES string of the molecule is N[C@@H]1CCCN([C@H]2Cc3c(Cl)cc(Cl)cc3[C@@H]2Oc2ccc(S(=O)(=O)NCCCCCCn3cc(CNC(=O)[C@@H](O)[C@H](O)[C@H](O)[C@@H](O)C(=O)NCc4cn(CCCCCCNS(=O)(=O)c5ccc(O[C@H]6c7cc(Cl)cc(Cl)c7C[C@@H]6N6CCC[C@@H](N)C6)cc5)nn4)nn3)cc2)C1. The number of piperidine rings is 2. The molecule has 2 aliphatic heterocycles. The number of benzene rings is 4. The first-order valence-corrected chi connectivity index (χ1v) is 37.0. The Hall–Kier alpha value is -5.64. The summed E-state index contributed by atoms with van der Waals surface area (Å²) in [4.78, 5) is 30.5. The number of nitrogens with zero attached hydrogens (tertiary/aromatic N) is 8. The minimum absolute atomic E-state index is 0.0102. The van der Waals surface area contributed by atoms with Gasteiger partial charge in [-0.1, -0.05) is 82.5 Å². The van der Waals surface area contributed by atoms with Crippen LogP contribution in [0, 0.1) is 0 Å². The number of ether oxygens (including phenoxy) is 2.